The molecule has 1 N–H and O–H groups in total. The van der Waals surface area contributed by atoms with Gasteiger partial charge in [0, 0.05) is 26.3 Å². The number of methoxy groups -OCH3 is 1. The molecule has 102 valence electrons. The third-order valence-corrected chi connectivity index (χ3v) is 3.57. The Morgan fingerprint density at radius 3 is 2.28 bits per heavy atom. The van der Waals surface area contributed by atoms with Gasteiger partial charge in [0.25, 0.3) is 0 Å². The van der Waals surface area contributed by atoms with Gasteiger partial charge in [0.05, 0.1) is 0 Å². The van der Waals surface area contributed by atoms with Gasteiger partial charge in [-0.15, -0.1) is 0 Å². The van der Waals surface area contributed by atoms with Crippen molar-refractivity contribution in [3.05, 3.63) is 34.4 Å². The van der Waals surface area contributed by atoms with Crippen molar-refractivity contribution >= 4 is 0 Å². The quantitative estimate of drug-likeness (QED) is 0.832. The first kappa shape index (κ1) is 15.2. The van der Waals surface area contributed by atoms with Gasteiger partial charge in [-0.2, -0.15) is 0 Å². The number of hydrogen-bond donors (Lipinski definition) is 1. The van der Waals surface area contributed by atoms with E-state index in [1.807, 2.05) is 0 Å². The van der Waals surface area contributed by atoms with Crippen molar-refractivity contribution in [2.45, 2.75) is 40.7 Å². The summed E-state index contributed by atoms with van der Waals surface area (Å²) < 4.78 is 5.16. The van der Waals surface area contributed by atoms with Crippen LogP contribution in [0.5, 0.6) is 0 Å². The van der Waals surface area contributed by atoms with Crippen LogP contribution in [0.2, 0.25) is 0 Å². The molecule has 0 aromatic heterocycles. The normalized spacial score (nSPS) is 14.6. The Labute approximate surface area is 112 Å². The molecule has 0 amide bonds. The minimum atomic E-state index is 0.392. The van der Waals surface area contributed by atoms with E-state index in [9.17, 15) is 0 Å². The Morgan fingerprint density at radius 2 is 1.67 bits per heavy atom. The minimum Gasteiger partial charge on any atom is -0.384 e. The SMILES string of the molecule is COCC(C)CNC(C)c1cc(C)c(C)cc1C. The highest BCUT2D eigenvalue weighted by Gasteiger charge is 2.11. The maximum atomic E-state index is 5.16. The van der Waals surface area contributed by atoms with Crippen molar-refractivity contribution in [1.82, 2.24) is 5.32 Å². The van der Waals surface area contributed by atoms with Gasteiger partial charge in [0.1, 0.15) is 0 Å². The van der Waals surface area contributed by atoms with E-state index in [2.05, 4.69) is 52.1 Å². The zero-order valence-electron chi connectivity index (χ0n) is 12.6. The summed E-state index contributed by atoms with van der Waals surface area (Å²) in [5.74, 6) is 0.546. The largest absolute Gasteiger partial charge is 0.384 e. The fourth-order valence-electron chi connectivity index (χ4n) is 2.28. The topological polar surface area (TPSA) is 21.3 Å². The first-order valence-corrected chi connectivity index (χ1v) is 6.75. The summed E-state index contributed by atoms with van der Waals surface area (Å²) in [4.78, 5) is 0. The molecule has 0 heterocycles. The first-order chi connectivity index (χ1) is 8.45. The Balaban J connectivity index is 2.66. The molecule has 18 heavy (non-hydrogen) atoms. The van der Waals surface area contributed by atoms with E-state index in [0.29, 0.717) is 12.0 Å². The second-order valence-corrected chi connectivity index (χ2v) is 5.48. The van der Waals surface area contributed by atoms with Gasteiger partial charge in [-0.05, 0) is 55.9 Å². The molecular formula is C16H27NO. The smallest absolute Gasteiger partial charge is 0.0499 e. The van der Waals surface area contributed by atoms with E-state index >= 15 is 0 Å². The van der Waals surface area contributed by atoms with Gasteiger partial charge in [0.15, 0.2) is 0 Å². The number of nitrogens with one attached hydrogen (secondary N) is 1. The molecule has 1 aromatic rings. The molecule has 0 bridgehead atoms. The fourth-order valence-corrected chi connectivity index (χ4v) is 2.28. The van der Waals surface area contributed by atoms with Gasteiger partial charge >= 0.3 is 0 Å². The molecule has 2 atom stereocenters. The highest BCUT2D eigenvalue weighted by molar-refractivity contribution is 5.37. The Bertz CT molecular complexity index is 387. The van der Waals surface area contributed by atoms with Crippen LogP contribution in [0, 0.1) is 26.7 Å². The van der Waals surface area contributed by atoms with Crippen LogP contribution in [0.25, 0.3) is 0 Å². The summed E-state index contributed by atoms with van der Waals surface area (Å²) in [6.07, 6.45) is 0. The van der Waals surface area contributed by atoms with Crippen molar-refractivity contribution in [3.63, 3.8) is 0 Å². The minimum absolute atomic E-state index is 0.392. The van der Waals surface area contributed by atoms with E-state index in [1.54, 1.807) is 7.11 Å². The molecule has 2 unspecified atom stereocenters. The third kappa shape index (κ3) is 4.11. The standard InChI is InChI=1S/C16H27NO/c1-11(10-18-6)9-17-15(5)16-8-13(3)12(2)7-14(16)4/h7-8,11,15,17H,9-10H2,1-6H3. The number of rotatable bonds is 6. The molecule has 0 saturated heterocycles. The molecule has 0 radical (unpaired) electrons. The van der Waals surface area contributed by atoms with Gasteiger partial charge in [0.2, 0.25) is 0 Å². The van der Waals surface area contributed by atoms with E-state index < -0.39 is 0 Å². The van der Waals surface area contributed by atoms with Crippen LogP contribution >= 0.6 is 0 Å². The average molecular weight is 249 g/mol. The lowest BCUT2D eigenvalue weighted by Crippen LogP contribution is -2.27. The third-order valence-electron chi connectivity index (χ3n) is 3.57. The molecule has 1 aromatic carbocycles. The Kier molecular flexibility index (Phi) is 5.83. The van der Waals surface area contributed by atoms with Crippen molar-refractivity contribution in [2.75, 3.05) is 20.3 Å². The van der Waals surface area contributed by atoms with Crippen LogP contribution in [0.4, 0.5) is 0 Å². The molecule has 0 aliphatic heterocycles. The summed E-state index contributed by atoms with van der Waals surface area (Å²) in [6, 6.07) is 4.98. The number of benzene rings is 1. The van der Waals surface area contributed by atoms with Gasteiger partial charge in [-0.25, -0.2) is 0 Å². The van der Waals surface area contributed by atoms with Crippen LogP contribution in [0.1, 0.15) is 42.1 Å². The molecule has 1 rings (SSSR count). The van der Waals surface area contributed by atoms with Crippen LogP contribution in [-0.4, -0.2) is 20.3 Å². The predicted octanol–water partition coefficient (Wildman–Crippen LogP) is 3.54. The molecule has 0 aliphatic carbocycles. The van der Waals surface area contributed by atoms with E-state index in [0.717, 1.165) is 13.2 Å². The number of aryl methyl sites for hydroxylation is 3. The zero-order valence-corrected chi connectivity index (χ0v) is 12.6. The van der Waals surface area contributed by atoms with Crippen LogP contribution in [-0.2, 0) is 4.74 Å². The maximum Gasteiger partial charge on any atom is 0.0499 e. The number of ether oxygens (including phenoxy) is 1. The molecule has 2 nitrogen and oxygen atoms in total. The lowest BCUT2D eigenvalue weighted by atomic mass is 9.96. The molecule has 0 saturated carbocycles. The van der Waals surface area contributed by atoms with Crippen molar-refractivity contribution in [1.29, 1.82) is 0 Å². The maximum absolute atomic E-state index is 5.16. The lowest BCUT2D eigenvalue weighted by molar-refractivity contribution is 0.157. The predicted molar refractivity (Wildman–Crippen MR) is 78.1 cm³/mol. The fraction of sp³-hybridized carbons (Fsp3) is 0.625. The van der Waals surface area contributed by atoms with Gasteiger partial charge in [-0.3, -0.25) is 0 Å². The van der Waals surface area contributed by atoms with Crippen molar-refractivity contribution < 1.29 is 4.74 Å². The van der Waals surface area contributed by atoms with Gasteiger partial charge in [-0.1, -0.05) is 19.1 Å². The molecule has 0 aliphatic rings. The second kappa shape index (κ2) is 6.91. The zero-order chi connectivity index (χ0) is 13.7. The highest BCUT2D eigenvalue weighted by atomic mass is 16.5. The van der Waals surface area contributed by atoms with E-state index in [1.165, 1.54) is 22.3 Å². The second-order valence-electron chi connectivity index (χ2n) is 5.48. The Morgan fingerprint density at radius 1 is 1.06 bits per heavy atom. The molecule has 0 spiro atoms. The first-order valence-electron chi connectivity index (χ1n) is 6.75. The Hall–Kier alpha value is -0.860. The van der Waals surface area contributed by atoms with Gasteiger partial charge < -0.3 is 10.1 Å². The summed E-state index contributed by atoms with van der Waals surface area (Å²) in [5.41, 5.74) is 5.52. The lowest BCUT2D eigenvalue weighted by Gasteiger charge is -2.20. The molecular weight excluding hydrogens is 222 g/mol. The number of hydrogen-bond acceptors (Lipinski definition) is 2. The van der Waals surface area contributed by atoms with Crippen LogP contribution < -0.4 is 5.32 Å². The summed E-state index contributed by atoms with van der Waals surface area (Å²) in [6.45, 7) is 12.8. The summed E-state index contributed by atoms with van der Waals surface area (Å²) in [5, 5.41) is 3.59. The average Bonchev–Trinajstić information content (AvgIpc) is 2.31. The van der Waals surface area contributed by atoms with Crippen molar-refractivity contribution in [2.24, 2.45) is 5.92 Å². The summed E-state index contributed by atoms with van der Waals surface area (Å²) >= 11 is 0. The van der Waals surface area contributed by atoms with Crippen molar-refractivity contribution in [3.8, 4) is 0 Å². The van der Waals surface area contributed by atoms with E-state index in [-0.39, 0.29) is 0 Å². The van der Waals surface area contributed by atoms with Crippen LogP contribution in [0.15, 0.2) is 12.1 Å². The molecule has 2 heteroatoms. The van der Waals surface area contributed by atoms with Crippen LogP contribution in [0.3, 0.4) is 0 Å². The van der Waals surface area contributed by atoms with E-state index in [4.69, 9.17) is 4.74 Å². The monoisotopic (exact) mass is 249 g/mol. The molecule has 0 fully saturated rings. The summed E-state index contributed by atoms with van der Waals surface area (Å²) in [7, 11) is 1.76. The highest BCUT2D eigenvalue weighted by Crippen LogP contribution is 2.21.